The van der Waals surface area contributed by atoms with Gasteiger partial charge < -0.3 is 4.90 Å². The number of fused-ring (bicyclic) bond motifs is 1. The van der Waals surface area contributed by atoms with E-state index in [1.165, 1.54) is 22.4 Å². The molecular weight excluding hydrogens is 230 g/mol. The third-order valence-electron chi connectivity index (χ3n) is 3.42. The van der Waals surface area contributed by atoms with E-state index in [0.717, 1.165) is 18.1 Å². The van der Waals surface area contributed by atoms with Gasteiger partial charge in [0.25, 0.3) is 0 Å². The summed E-state index contributed by atoms with van der Waals surface area (Å²) in [4.78, 5) is 2.38. The number of halogens is 1. The Labute approximate surface area is 107 Å². The monoisotopic (exact) mass is 243 g/mol. The molecule has 86 valence electrons. The Morgan fingerprint density at radius 3 is 2.24 bits per heavy atom. The summed E-state index contributed by atoms with van der Waals surface area (Å²) in [5.41, 5.74) is 5.26. The van der Waals surface area contributed by atoms with Gasteiger partial charge in [-0.3, -0.25) is 0 Å². The zero-order valence-electron chi connectivity index (χ0n) is 9.78. The van der Waals surface area contributed by atoms with Crippen molar-refractivity contribution in [1.29, 1.82) is 0 Å². The number of nitrogens with zero attached hydrogens (tertiary/aromatic N) is 1. The summed E-state index contributed by atoms with van der Waals surface area (Å²) in [5, 5.41) is 0.846. The van der Waals surface area contributed by atoms with Crippen molar-refractivity contribution in [3.8, 4) is 0 Å². The Morgan fingerprint density at radius 2 is 1.59 bits per heavy atom. The summed E-state index contributed by atoms with van der Waals surface area (Å²) in [6, 6.07) is 14.7. The van der Waals surface area contributed by atoms with Crippen molar-refractivity contribution >= 4 is 17.3 Å². The molecule has 0 unspecified atom stereocenters. The number of rotatable bonds is 1. The Balaban J connectivity index is 1.97. The van der Waals surface area contributed by atoms with E-state index >= 15 is 0 Å². The molecule has 0 N–H and O–H groups in total. The zero-order chi connectivity index (χ0) is 11.8. The Morgan fingerprint density at radius 1 is 0.941 bits per heavy atom. The standard InChI is InChI=1S/C15H14ClN/c1-11-14(16)7-4-8-15(11)17-9-12-5-2-3-6-13(12)10-17/h2-8H,9-10H2,1H3. The van der Waals surface area contributed by atoms with E-state index < -0.39 is 0 Å². The molecule has 0 radical (unpaired) electrons. The van der Waals surface area contributed by atoms with Crippen LogP contribution in [0.15, 0.2) is 42.5 Å². The fourth-order valence-electron chi connectivity index (χ4n) is 2.44. The quantitative estimate of drug-likeness (QED) is 0.727. The van der Waals surface area contributed by atoms with E-state index in [4.69, 9.17) is 11.6 Å². The van der Waals surface area contributed by atoms with Gasteiger partial charge in [-0.05, 0) is 35.7 Å². The molecular formula is C15H14ClN. The van der Waals surface area contributed by atoms with E-state index in [1.54, 1.807) is 0 Å². The van der Waals surface area contributed by atoms with Crippen LogP contribution >= 0.6 is 11.6 Å². The van der Waals surface area contributed by atoms with Crippen molar-refractivity contribution in [2.24, 2.45) is 0 Å². The van der Waals surface area contributed by atoms with E-state index in [1.807, 2.05) is 12.1 Å². The molecule has 0 bridgehead atoms. The molecule has 0 saturated heterocycles. The van der Waals surface area contributed by atoms with Crippen LogP contribution in [0.3, 0.4) is 0 Å². The summed E-state index contributed by atoms with van der Waals surface area (Å²) in [5.74, 6) is 0. The van der Waals surface area contributed by atoms with E-state index in [2.05, 4.69) is 42.2 Å². The topological polar surface area (TPSA) is 3.24 Å². The van der Waals surface area contributed by atoms with Gasteiger partial charge in [0, 0.05) is 23.8 Å². The molecule has 17 heavy (non-hydrogen) atoms. The third-order valence-corrected chi connectivity index (χ3v) is 3.83. The number of anilines is 1. The maximum Gasteiger partial charge on any atom is 0.0455 e. The van der Waals surface area contributed by atoms with Crippen LogP contribution in [-0.4, -0.2) is 0 Å². The van der Waals surface area contributed by atoms with Crippen molar-refractivity contribution in [3.05, 3.63) is 64.2 Å². The molecule has 1 aliphatic rings. The molecule has 0 saturated carbocycles. The first-order valence-corrected chi connectivity index (χ1v) is 6.20. The minimum Gasteiger partial charge on any atom is -0.363 e. The van der Waals surface area contributed by atoms with Gasteiger partial charge in [-0.1, -0.05) is 41.9 Å². The fraction of sp³-hybridized carbons (Fsp3) is 0.200. The van der Waals surface area contributed by atoms with Crippen LogP contribution in [0.5, 0.6) is 0 Å². The van der Waals surface area contributed by atoms with Crippen LogP contribution in [0.2, 0.25) is 5.02 Å². The molecule has 0 spiro atoms. The number of hydrogen-bond acceptors (Lipinski definition) is 1. The summed E-state index contributed by atoms with van der Waals surface area (Å²) >= 11 is 6.18. The highest BCUT2D eigenvalue weighted by atomic mass is 35.5. The molecule has 1 aliphatic heterocycles. The first kappa shape index (κ1) is 10.7. The minimum absolute atomic E-state index is 0.846. The van der Waals surface area contributed by atoms with Crippen molar-refractivity contribution in [1.82, 2.24) is 0 Å². The van der Waals surface area contributed by atoms with Crippen LogP contribution in [0.1, 0.15) is 16.7 Å². The van der Waals surface area contributed by atoms with Crippen LogP contribution in [0.25, 0.3) is 0 Å². The first-order chi connectivity index (χ1) is 8.25. The number of benzene rings is 2. The van der Waals surface area contributed by atoms with Gasteiger partial charge in [0.15, 0.2) is 0 Å². The summed E-state index contributed by atoms with van der Waals surface area (Å²) < 4.78 is 0. The first-order valence-electron chi connectivity index (χ1n) is 5.82. The number of hydrogen-bond donors (Lipinski definition) is 0. The van der Waals surface area contributed by atoms with Crippen LogP contribution < -0.4 is 4.90 Å². The smallest absolute Gasteiger partial charge is 0.0455 e. The highest BCUT2D eigenvalue weighted by Crippen LogP contribution is 2.32. The maximum absolute atomic E-state index is 6.18. The molecule has 1 nitrogen and oxygen atoms in total. The largest absolute Gasteiger partial charge is 0.363 e. The van der Waals surface area contributed by atoms with E-state index in [-0.39, 0.29) is 0 Å². The maximum atomic E-state index is 6.18. The average molecular weight is 244 g/mol. The normalized spacial score (nSPS) is 13.9. The molecule has 0 aliphatic carbocycles. The molecule has 0 atom stereocenters. The minimum atomic E-state index is 0.846. The van der Waals surface area contributed by atoms with Gasteiger partial charge in [0.05, 0.1) is 0 Å². The Kier molecular flexibility index (Phi) is 2.56. The van der Waals surface area contributed by atoms with Gasteiger partial charge in [0.1, 0.15) is 0 Å². The zero-order valence-corrected chi connectivity index (χ0v) is 10.5. The van der Waals surface area contributed by atoms with Gasteiger partial charge in [-0.15, -0.1) is 0 Å². The van der Waals surface area contributed by atoms with Crippen molar-refractivity contribution < 1.29 is 0 Å². The molecule has 1 heterocycles. The molecule has 2 aromatic carbocycles. The molecule has 3 rings (SSSR count). The molecule has 0 aromatic heterocycles. The van der Waals surface area contributed by atoms with Crippen molar-refractivity contribution in [3.63, 3.8) is 0 Å². The molecule has 0 fully saturated rings. The van der Waals surface area contributed by atoms with Gasteiger partial charge in [0.2, 0.25) is 0 Å². The summed E-state index contributed by atoms with van der Waals surface area (Å²) in [6.07, 6.45) is 0. The van der Waals surface area contributed by atoms with Crippen LogP contribution in [0, 0.1) is 6.92 Å². The lowest BCUT2D eigenvalue weighted by atomic mass is 10.1. The lowest BCUT2D eigenvalue weighted by Gasteiger charge is -2.20. The van der Waals surface area contributed by atoms with E-state index in [0.29, 0.717) is 0 Å². The summed E-state index contributed by atoms with van der Waals surface area (Å²) in [6.45, 7) is 4.05. The molecule has 2 aromatic rings. The second-order valence-corrected chi connectivity index (χ2v) is 4.92. The third kappa shape index (κ3) is 1.81. The molecule has 0 amide bonds. The van der Waals surface area contributed by atoms with Crippen molar-refractivity contribution in [2.45, 2.75) is 20.0 Å². The predicted octanol–water partition coefficient (Wildman–Crippen LogP) is 4.17. The van der Waals surface area contributed by atoms with Crippen LogP contribution in [0.4, 0.5) is 5.69 Å². The van der Waals surface area contributed by atoms with Gasteiger partial charge >= 0.3 is 0 Å². The second-order valence-electron chi connectivity index (χ2n) is 4.51. The van der Waals surface area contributed by atoms with Gasteiger partial charge in [-0.2, -0.15) is 0 Å². The second kappa shape index (κ2) is 4.08. The highest BCUT2D eigenvalue weighted by molar-refractivity contribution is 6.31. The SMILES string of the molecule is Cc1c(Cl)cccc1N1Cc2ccccc2C1. The Bertz CT molecular complexity index is 538. The van der Waals surface area contributed by atoms with Crippen LogP contribution in [-0.2, 0) is 13.1 Å². The lowest BCUT2D eigenvalue weighted by molar-refractivity contribution is 0.875. The summed E-state index contributed by atoms with van der Waals surface area (Å²) in [7, 11) is 0. The average Bonchev–Trinajstić information content (AvgIpc) is 2.76. The highest BCUT2D eigenvalue weighted by Gasteiger charge is 2.20. The lowest BCUT2D eigenvalue weighted by Crippen LogP contribution is -2.15. The van der Waals surface area contributed by atoms with Crippen molar-refractivity contribution in [2.75, 3.05) is 4.90 Å². The van der Waals surface area contributed by atoms with Gasteiger partial charge in [-0.25, -0.2) is 0 Å². The fourth-order valence-corrected chi connectivity index (χ4v) is 2.61. The molecule has 2 heteroatoms. The van der Waals surface area contributed by atoms with E-state index in [9.17, 15) is 0 Å². The predicted molar refractivity (Wildman–Crippen MR) is 72.5 cm³/mol. The Hall–Kier alpha value is -1.47.